The second-order valence-electron chi connectivity index (χ2n) is 3.87. The summed E-state index contributed by atoms with van der Waals surface area (Å²) in [6.07, 6.45) is 1.25. The highest BCUT2D eigenvalue weighted by molar-refractivity contribution is 5.93. The fourth-order valence-corrected chi connectivity index (χ4v) is 1.67. The molecule has 2 N–H and O–H groups in total. The zero-order chi connectivity index (χ0) is 13.8. The van der Waals surface area contributed by atoms with Crippen LogP contribution in [0.15, 0.2) is 46.1 Å². The molecule has 1 aromatic heterocycles. The van der Waals surface area contributed by atoms with Crippen molar-refractivity contribution < 1.29 is 4.79 Å². The zero-order valence-electron chi connectivity index (χ0n) is 10.3. The van der Waals surface area contributed by atoms with Gasteiger partial charge in [-0.15, -0.1) is 0 Å². The maximum Gasteiger partial charge on any atom is 0.332 e. The summed E-state index contributed by atoms with van der Waals surface area (Å²) in [5.41, 5.74) is -0.785. The summed E-state index contributed by atoms with van der Waals surface area (Å²) in [7, 11) is 0. The Bertz CT molecular complexity index is 701. The van der Waals surface area contributed by atoms with E-state index in [0.717, 1.165) is 0 Å². The van der Waals surface area contributed by atoms with Crippen LogP contribution in [0.4, 0.5) is 0 Å². The third-order valence-electron chi connectivity index (χ3n) is 2.56. The Hall–Kier alpha value is -2.63. The van der Waals surface area contributed by atoms with Gasteiger partial charge in [-0.05, 0) is 19.1 Å². The van der Waals surface area contributed by atoms with Crippen LogP contribution in [0.2, 0.25) is 0 Å². The molecule has 19 heavy (non-hydrogen) atoms. The van der Waals surface area contributed by atoms with Crippen molar-refractivity contribution in [1.82, 2.24) is 14.9 Å². The van der Waals surface area contributed by atoms with Crippen LogP contribution >= 0.6 is 0 Å². The monoisotopic (exact) mass is 259 g/mol. The Morgan fingerprint density at radius 1 is 1.26 bits per heavy atom. The van der Waals surface area contributed by atoms with Crippen molar-refractivity contribution in [2.45, 2.75) is 6.92 Å². The van der Waals surface area contributed by atoms with E-state index in [2.05, 4.69) is 10.3 Å². The highest BCUT2D eigenvalue weighted by Gasteiger charge is 2.12. The first kappa shape index (κ1) is 12.8. The van der Waals surface area contributed by atoms with Crippen molar-refractivity contribution in [1.29, 1.82) is 0 Å². The van der Waals surface area contributed by atoms with E-state index in [0.29, 0.717) is 12.2 Å². The molecular weight excluding hydrogens is 246 g/mol. The molecule has 2 aromatic rings. The lowest BCUT2D eigenvalue weighted by molar-refractivity contribution is 0.0953. The lowest BCUT2D eigenvalue weighted by atomic mass is 10.3. The fraction of sp³-hybridized carbons (Fsp3) is 0.154. The van der Waals surface area contributed by atoms with Crippen LogP contribution in [0.25, 0.3) is 5.69 Å². The number of amides is 1. The quantitative estimate of drug-likeness (QED) is 0.830. The average Bonchev–Trinajstić information content (AvgIpc) is 2.40. The summed E-state index contributed by atoms with van der Waals surface area (Å²) in [5, 5.41) is 2.53. The number of rotatable bonds is 3. The number of nitrogens with zero attached hydrogens (tertiary/aromatic N) is 1. The first-order chi connectivity index (χ1) is 9.13. The highest BCUT2D eigenvalue weighted by atomic mass is 16.2. The molecule has 1 aromatic carbocycles. The number of carbonyl (C=O) groups excluding carboxylic acids is 1. The molecule has 98 valence electrons. The van der Waals surface area contributed by atoms with Crippen LogP contribution in [-0.4, -0.2) is 22.0 Å². The van der Waals surface area contributed by atoms with Crippen LogP contribution in [-0.2, 0) is 0 Å². The van der Waals surface area contributed by atoms with E-state index in [4.69, 9.17) is 0 Å². The number of para-hydroxylation sites is 1. The number of hydrogen-bond donors (Lipinski definition) is 2. The predicted octanol–water partition coefficient (Wildman–Crippen LogP) is 0.275. The van der Waals surface area contributed by atoms with Gasteiger partial charge in [0.15, 0.2) is 0 Å². The largest absolute Gasteiger partial charge is 0.352 e. The maximum atomic E-state index is 11.7. The molecule has 0 aliphatic carbocycles. The number of aromatic amines is 1. The molecule has 6 nitrogen and oxygen atoms in total. The van der Waals surface area contributed by atoms with Crippen molar-refractivity contribution in [3.05, 3.63) is 62.9 Å². The third kappa shape index (κ3) is 2.62. The van der Waals surface area contributed by atoms with Gasteiger partial charge in [0.2, 0.25) is 0 Å². The van der Waals surface area contributed by atoms with Gasteiger partial charge in [0.05, 0.1) is 5.69 Å². The van der Waals surface area contributed by atoms with Crippen molar-refractivity contribution in [2.24, 2.45) is 0 Å². The smallest absolute Gasteiger partial charge is 0.332 e. The lowest BCUT2D eigenvalue weighted by Gasteiger charge is -2.07. The molecule has 1 heterocycles. The van der Waals surface area contributed by atoms with Gasteiger partial charge in [0.1, 0.15) is 5.56 Å². The predicted molar refractivity (Wildman–Crippen MR) is 70.7 cm³/mol. The molecule has 0 bridgehead atoms. The molecule has 0 radical (unpaired) electrons. The molecule has 6 heteroatoms. The van der Waals surface area contributed by atoms with E-state index in [1.165, 1.54) is 10.8 Å². The SMILES string of the molecule is CCNC(=O)c1cn(-c2ccccc2)c(=O)[nH]c1=O. The molecule has 0 saturated carbocycles. The van der Waals surface area contributed by atoms with Crippen molar-refractivity contribution in [3.63, 3.8) is 0 Å². The van der Waals surface area contributed by atoms with Gasteiger partial charge in [-0.25, -0.2) is 4.79 Å². The maximum absolute atomic E-state index is 11.7. The van der Waals surface area contributed by atoms with Gasteiger partial charge in [0, 0.05) is 12.7 Å². The zero-order valence-corrected chi connectivity index (χ0v) is 10.3. The summed E-state index contributed by atoms with van der Waals surface area (Å²) >= 11 is 0. The molecule has 0 fully saturated rings. The molecule has 0 unspecified atom stereocenters. The topological polar surface area (TPSA) is 84.0 Å². The molecule has 2 rings (SSSR count). The summed E-state index contributed by atoms with van der Waals surface area (Å²) in [5.74, 6) is -0.506. The summed E-state index contributed by atoms with van der Waals surface area (Å²) in [4.78, 5) is 37.2. The van der Waals surface area contributed by atoms with E-state index in [1.54, 1.807) is 31.2 Å². The third-order valence-corrected chi connectivity index (χ3v) is 2.56. The Morgan fingerprint density at radius 3 is 2.58 bits per heavy atom. The Kier molecular flexibility index (Phi) is 3.61. The minimum Gasteiger partial charge on any atom is -0.352 e. The van der Waals surface area contributed by atoms with Gasteiger partial charge in [-0.1, -0.05) is 18.2 Å². The van der Waals surface area contributed by atoms with Crippen LogP contribution in [0.5, 0.6) is 0 Å². The van der Waals surface area contributed by atoms with Gasteiger partial charge in [0.25, 0.3) is 11.5 Å². The minimum absolute atomic E-state index is 0.0923. The Morgan fingerprint density at radius 2 is 1.95 bits per heavy atom. The van der Waals surface area contributed by atoms with Gasteiger partial charge in [-0.3, -0.25) is 19.1 Å². The Labute approximate surface area is 108 Å². The second-order valence-corrected chi connectivity index (χ2v) is 3.87. The van der Waals surface area contributed by atoms with Gasteiger partial charge < -0.3 is 5.32 Å². The van der Waals surface area contributed by atoms with Crippen LogP contribution in [0, 0.1) is 0 Å². The van der Waals surface area contributed by atoms with E-state index < -0.39 is 17.2 Å². The molecule has 0 aliphatic heterocycles. The second kappa shape index (κ2) is 5.34. The van der Waals surface area contributed by atoms with E-state index >= 15 is 0 Å². The number of aromatic nitrogens is 2. The van der Waals surface area contributed by atoms with E-state index in [1.807, 2.05) is 6.07 Å². The first-order valence-corrected chi connectivity index (χ1v) is 5.83. The number of nitrogens with one attached hydrogen (secondary N) is 2. The van der Waals surface area contributed by atoms with E-state index in [-0.39, 0.29) is 5.56 Å². The van der Waals surface area contributed by atoms with Crippen molar-refractivity contribution in [3.8, 4) is 5.69 Å². The molecule has 1 amide bonds. The number of benzene rings is 1. The summed E-state index contributed by atoms with van der Waals surface area (Å²) in [6.45, 7) is 2.15. The highest BCUT2D eigenvalue weighted by Crippen LogP contribution is 2.03. The minimum atomic E-state index is -0.692. The molecule has 0 spiro atoms. The summed E-state index contributed by atoms with van der Waals surface area (Å²) < 4.78 is 1.23. The van der Waals surface area contributed by atoms with Crippen LogP contribution in [0.3, 0.4) is 0 Å². The first-order valence-electron chi connectivity index (χ1n) is 5.83. The average molecular weight is 259 g/mol. The van der Waals surface area contributed by atoms with Crippen molar-refractivity contribution in [2.75, 3.05) is 6.54 Å². The molecule has 0 saturated heterocycles. The van der Waals surface area contributed by atoms with Gasteiger partial charge >= 0.3 is 5.69 Å². The fourth-order valence-electron chi connectivity index (χ4n) is 1.67. The normalized spacial score (nSPS) is 10.2. The number of carbonyl (C=O) groups is 1. The molecular formula is C13H13N3O3. The summed E-state index contributed by atoms with van der Waals surface area (Å²) in [6, 6.07) is 8.75. The lowest BCUT2D eigenvalue weighted by Crippen LogP contribution is -2.36. The Balaban J connectivity index is 2.58. The molecule has 0 aliphatic rings. The van der Waals surface area contributed by atoms with Crippen LogP contribution in [0.1, 0.15) is 17.3 Å². The standard InChI is InChI=1S/C13H13N3O3/c1-2-14-11(17)10-8-16(13(19)15-12(10)18)9-6-4-3-5-7-9/h3-8H,2H2,1H3,(H,14,17)(H,15,18,19). The van der Waals surface area contributed by atoms with Crippen molar-refractivity contribution >= 4 is 5.91 Å². The van der Waals surface area contributed by atoms with E-state index in [9.17, 15) is 14.4 Å². The van der Waals surface area contributed by atoms with Crippen LogP contribution < -0.4 is 16.6 Å². The number of hydrogen-bond acceptors (Lipinski definition) is 3. The van der Waals surface area contributed by atoms with Gasteiger partial charge in [-0.2, -0.15) is 0 Å². The molecule has 0 atom stereocenters. The number of H-pyrrole nitrogens is 1.